The monoisotopic (exact) mass is 423 g/mol. The van der Waals surface area contributed by atoms with Crippen LogP contribution in [0.15, 0.2) is 23.1 Å². The van der Waals surface area contributed by atoms with Crippen LogP contribution < -0.4 is 0 Å². The first-order chi connectivity index (χ1) is 13.8. The molecule has 2 heterocycles. The summed E-state index contributed by atoms with van der Waals surface area (Å²) in [6.45, 7) is 6.23. The Morgan fingerprint density at radius 2 is 1.62 bits per heavy atom. The van der Waals surface area contributed by atoms with Crippen LogP contribution in [0.4, 0.5) is 4.79 Å². The Morgan fingerprint density at radius 1 is 0.966 bits per heavy atom. The van der Waals surface area contributed by atoms with E-state index in [4.69, 9.17) is 4.74 Å². The van der Waals surface area contributed by atoms with Gasteiger partial charge in [0.05, 0.1) is 11.5 Å². The molecule has 29 heavy (non-hydrogen) atoms. The van der Waals surface area contributed by atoms with Crippen LogP contribution in [0, 0.1) is 6.92 Å². The van der Waals surface area contributed by atoms with Gasteiger partial charge in [0.25, 0.3) is 5.91 Å². The topological polar surface area (TPSA) is 87.2 Å². The van der Waals surface area contributed by atoms with Gasteiger partial charge in [-0.3, -0.25) is 4.79 Å². The summed E-state index contributed by atoms with van der Waals surface area (Å²) in [7, 11) is -3.74. The van der Waals surface area contributed by atoms with Gasteiger partial charge in [0.1, 0.15) is 0 Å². The molecule has 160 valence electrons. The number of benzene rings is 1. The Kier molecular flexibility index (Phi) is 6.79. The molecule has 0 aromatic heterocycles. The lowest BCUT2D eigenvalue weighted by Crippen LogP contribution is -2.50. The summed E-state index contributed by atoms with van der Waals surface area (Å²) in [5, 5.41) is 0. The Morgan fingerprint density at radius 3 is 2.24 bits per heavy atom. The molecule has 2 amide bonds. The van der Waals surface area contributed by atoms with E-state index in [1.165, 1.54) is 15.3 Å². The zero-order valence-corrected chi connectivity index (χ0v) is 17.9. The zero-order chi connectivity index (χ0) is 21.0. The van der Waals surface area contributed by atoms with E-state index in [2.05, 4.69) is 0 Å². The highest BCUT2D eigenvalue weighted by Gasteiger charge is 2.31. The molecule has 0 unspecified atom stereocenters. The van der Waals surface area contributed by atoms with E-state index in [1.807, 2.05) is 6.92 Å². The number of aryl methyl sites for hydroxylation is 1. The van der Waals surface area contributed by atoms with Crippen molar-refractivity contribution in [3.05, 3.63) is 29.3 Å². The van der Waals surface area contributed by atoms with Gasteiger partial charge in [-0.1, -0.05) is 6.07 Å². The summed E-state index contributed by atoms with van der Waals surface area (Å²) in [4.78, 5) is 28.2. The van der Waals surface area contributed by atoms with Gasteiger partial charge in [-0.25, -0.2) is 13.2 Å². The minimum Gasteiger partial charge on any atom is -0.450 e. The molecule has 0 N–H and O–H groups in total. The SMILES string of the molecule is CCOC(=O)N1CCN(S(=O)(=O)c2ccc(C)c(C(=O)N3CCCCC3)c2)CC1. The third-order valence-corrected chi connectivity index (χ3v) is 7.38. The Balaban J connectivity index is 1.76. The number of hydrogen-bond donors (Lipinski definition) is 0. The molecular weight excluding hydrogens is 394 g/mol. The van der Waals surface area contributed by atoms with Crippen molar-refractivity contribution in [3.8, 4) is 0 Å². The van der Waals surface area contributed by atoms with Gasteiger partial charge in [-0.2, -0.15) is 4.31 Å². The maximum absolute atomic E-state index is 13.1. The number of hydrogen-bond acceptors (Lipinski definition) is 5. The number of carbonyl (C=O) groups excluding carboxylic acids is 2. The Labute approximate surface area is 172 Å². The highest BCUT2D eigenvalue weighted by Crippen LogP contribution is 2.23. The van der Waals surface area contributed by atoms with Crippen LogP contribution in [0.2, 0.25) is 0 Å². The largest absolute Gasteiger partial charge is 0.450 e. The van der Waals surface area contributed by atoms with E-state index in [-0.39, 0.29) is 43.6 Å². The van der Waals surface area contributed by atoms with E-state index < -0.39 is 16.1 Å². The summed E-state index contributed by atoms with van der Waals surface area (Å²) in [5.41, 5.74) is 1.21. The second-order valence-corrected chi connectivity index (χ2v) is 9.36. The molecule has 9 heteroatoms. The Bertz CT molecular complexity index is 857. The average Bonchev–Trinajstić information content (AvgIpc) is 2.74. The number of piperidine rings is 1. The zero-order valence-electron chi connectivity index (χ0n) is 17.1. The number of nitrogens with zero attached hydrogens (tertiary/aromatic N) is 3. The molecule has 2 aliphatic heterocycles. The van der Waals surface area contributed by atoms with E-state index in [9.17, 15) is 18.0 Å². The molecule has 0 bridgehead atoms. The van der Waals surface area contributed by atoms with Crippen LogP contribution in [0.5, 0.6) is 0 Å². The average molecular weight is 424 g/mol. The standard InChI is InChI=1S/C20H29N3O5S/c1-3-28-20(25)22-11-13-23(14-12-22)29(26,27)17-8-7-16(2)18(15-17)19(24)21-9-5-4-6-10-21/h7-8,15H,3-6,9-14H2,1-2H3. The molecule has 0 spiro atoms. The molecule has 0 atom stereocenters. The molecule has 2 fully saturated rings. The smallest absolute Gasteiger partial charge is 0.409 e. The lowest BCUT2D eigenvalue weighted by molar-refractivity contribution is 0.0723. The molecule has 1 aromatic rings. The minimum absolute atomic E-state index is 0.105. The molecule has 8 nitrogen and oxygen atoms in total. The van der Waals surface area contributed by atoms with Crippen molar-refractivity contribution in [3.63, 3.8) is 0 Å². The fourth-order valence-electron chi connectivity index (χ4n) is 3.73. The maximum Gasteiger partial charge on any atom is 0.409 e. The molecule has 0 radical (unpaired) electrons. The quantitative estimate of drug-likeness (QED) is 0.740. The second-order valence-electron chi connectivity index (χ2n) is 7.42. The fourth-order valence-corrected chi connectivity index (χ4v) is 5.18. The van der Waals surface area contributed by atoms with E-state index in [1.54, 1.807) is 24.0 Å². The van der Waals surface area contributed by atoms with E-state index in [0.717, 1.165) is 24.8 Å². The van der Waals surface area contributed by atoms with Crippen molar-refractivity contribution in [1.29, 1.82) is 0 Å². The second kappa shape index (κ2) is 9.13. The van der Waals surface area contributed by atoms with E-state index >= 15 is 0 Å². The van der Waals surface area contributed by atoms with Crippen molar-refractivity contribution in [2.45, 2.75) is 38.0 Å². The molecule has 2 aliphatic rings. The molecule has 0 aliphatic carbocycles. The summed E-state index contributed by atoms with van der Waals surface area (Å²) in [6.07, 6.45) is 2.66. The maximum atomic E-state index is 13.1. The minimum atomic E-state index is -3.74. The van der Waals surface area contributed by atoms with Crippen LogP contribution >= 0.6 is 0 Å². The lowest BCUT2D eigenvalue weighted by Gasteiger charge is -2.33. The predicted octanol–water partition coefficient (Wildman–Crippen LogP) is 2.08. The number of amides is 2. The first-order valence-electron chi connectivity index (χ1n) is 10.2. The third-order valence-electron chi connectivity index (χ3n) is 5.49. The molecule has 3 rings (SSSR count). The van der Waals surface area contributed by atoms with Crippen LogP contribution in [0.1, 0.15) is 42.1 Å². The highest BCUT2D eigenvalue weighted by atomic mass is 32.2. The van der Waals surface area contributed by atoms with Gasteiger partial charge in [0.15, 0.2) is 0 Å². The summed E-state index contributed by atoms with van der Waals surface area (Å²) in [6, 6.07) is 4.74. The van der Waals surface area contributed by atoms with Crippen LogP contribution in [-0.4, -0.2) is 80.4 Å². The number of ether oxygens (including phenoxy) is 1. The summed E-state index contributed by atoms with van der Waals surface area (Å²) in [5.74, 6) is -0.105. The van der Waals surface area contributed by atoms with Gasteiger partial charge in [0, 0.05) is 44.8 Å². The molecule has 2 saturated heterocycles. The van der Waals surface area contributed by atoms with Gasteiger partial charge in [0.2, 0.25) is 10.0 Å². The highest BCUT2D eigenvalue weighted by molar-refractivity contribution is 7.89. The van der Waals surface area contributed by atoms with Crippen molar-refractivity contribution < 1.29 is 22.7 Å². The van der Waals surface area contributed by atoms with E-state index in [0.29, 0.717) is 18.7 Å². The molecule has 1 aromatic carbocycles. The number of rotatable bonds is 4. The van der Waals surface area contributed by atoms with Crippen molar-refractivity contribution in [2.24, 2.45) is 0 Å². The van der Waals surface area contributed by atoms with Gasteiger partial charge in [-0.05, 0) is 50.8 Å². The van der Waals surface area contributed by atoms with Gasteiger partial charge >= 0.3 is 6.09 Å². The number of carbonyl (C=O) groups is 2. The van der Waals surface area contributed by atoms with Crippen LogP contribution in [-0.2, 0) is 14.8 Å². The first-order valence-corrected chi connectivity index (χ1v) is 11.6. The normalized spacial score (nSPS) is 18.6. The van der Waals surface area contributed by atoms with Crippen molar-refractivity contribution in [2.75, 3.05) is 45.9 Å². The number of likely N-dealkylation sites (tertiary alicyclic amines) is 1. The van der Waals surface area contributed by atoms with Crippen LogP contribution in [0.25, 0.3) is 0 Å². The lowest BCUT2D eigenvalue weighted by atomic mass is 10.1. The number of piperazine rings is 1. The number of sulfonamides is 1. The van der Waals surface area contributed by atoms with Crippen molar-refractivity contribution in [1.82, 2.24) is 14.1 Å². The molecule has 0 saturated carbocycles. The Hall–Kier alpha value is -2.13. The van der Waals surface area contributed by atoms with Crippen LogP contribution in [0.3, 0.4) is 0 Å². The third kappa shape index (κ3) is 4.72. The van der Waals surface area contributed by atoms with Gasteiger partial charge < -0.3 is 14.5 Å². The molecular formula is C20H29N3O5S. The predicted molar refractivity (Wildman–Crippen MR) is 108 cm³/mol. The fraction of sp³-hybridized carbons (Fsp3) is 0.600. The van der Waals surface area contributed by atoms with Gasteiger partial charge in [-0.15, -0.1) is 0 Å². The first kappa shape index (κ1) is 21.6. The summed E-state index contributed by atoms with van der Waals surface area (Å²) >= 11 is 0. The summed E-state index contributed by atoms with van der Waals surface area (Å²) < 4.78 is 32.6. The van der Waals surface area contributed by atoms with Crippen molar-refractivity contribution >= 4 is 22.0 Å².